The molecular formula is C31H30FN5O2. The van der Waals surface area contributed by atoms with Crippen molar-refractivity contribution in [3.8, 4) is 17.1 Å². The smallest absolute Gasteiger partial charge is 0.248 e. The number of nitrogens with one attached hydrogen (secondary N) is 2. The van der Waals surface area contributed by atoms with Gasteiger partial charge >= 0.3 is 0 Å². The molecule has 8 heteroatoms. The molecule has 0 spiro atoms. The Morgan fingerprint density at radius 1 is 1.08 bits per heavy atom. The molecule has 2 aromatic heterocycles. The van der Waals surface area contributed by atoms with E-state index in [1.54, 1.807) is 13.1 Å². The fraction of sp³-hybridized carbons (Fsp3) is 0.194. The summed E-state index contributed by atoms with van der Waals surface area (Å²) in [6.45, 7) is 3.71. The molecule has 0 saturated carbocycles. The molecule has 0 atom stereocenters. The number of nitrogens with two attached hydrogens (primary N) is 1. The van der Waals surface area contributed by atoms with Crippen LogP contribution in [0, 0.1) is 6.92 Å². The van der Waals surface area contributed by atoms with Crippen LogP contribution in [0.3, 0.4) is 0 Å². The number of benzene rings is 3. The Kier molecular flexibility index (Phi) is 7.02. The zero-order valence-corrected chi connectivity index (χ0v) is 22.1. The number of fused-ring (bicyclic) bond motifs is 4. The van der Waals surface area contributed by atoms with Gasteiger partial charge in [-0.15, -0.1) is 0 Å². The van der Waals surface area contributed by atoms with Gasteiger partial charge in [0.1, 0.15) is 11.7 Å². The first-order chi connectivity index (χ1) is 18.8. The van der Waals surface area contributed by atoms with Crippen molar-refractivity contribution in [1.82, 2.24) is 19.9 Å². The minimum absolute atomic E-state index is 0.0926. The number of aryl methyl sites for hydroxylation is 2. The number of carbonyl (C=O) groups is 2. The third-order valence-electron chi connectivity index (χ3n) is 7.00. The van der Waals surface area contributed by atoms with Gasteiger partial charge in [0.05, 0.1) is 16.7 Å². The SMILES string of the molecule is CCC(=O)NC.Cc1cc(-n2c3ccccc3c3c(-c4nc5c([nH]4)CCC(F)=C5)cccc32)ccc1C(N)=O. The number of aromatic nitrogens is 3. The van der Waals surface area contributed by atoms with Crippen molar-refractivity contribution in [2.75, 3.05) is 7.05 Å². The summed E-state index contributed by atoms with van der Waals surface area (Å²) in [4.78, 5) is 29.9. The van der Waals surface area contributed by atoms with Crippen LogP contribution in [0.2, 0.25) is 0 Å². The quantitative estimate of drug-likeness (QED) is 0.270. The zero-order valence-electron chi connectivity index (χ0n) is 22.1. The minimum Gasteiger partial charge on any atom is -0.366 e. The highest BCUT2D eigenvalue weighted by Gasteiger charge is 2.20. The van der Waals surface area contributed by atoms with E-state index in [0.717, 1.165) is 50.1 Å². The third kappa shape index (κ3) is 4.81. The van der Waals surface area contributed by atoms with E-state index in [9.17, 15) is 14.0 Å². The molecule has 0 bridgehead atoms. The van der Waals surface area contributed by atoms with E-state index in [1.165, 1.54) is 6.08 Å². The van der Waals surface area contributed by atoms with E-state index < -0.39 is 5.91 Å². The van der Waals surface area contributed by atoms with Crippen LogP contribution < -0.4 is 11.1 Å². The molecule has 0 radical (unpaired) electrons. The first-order valence-corrected chi connectivity index (χ1v) is 12.9. The largest absolute Gasteiger partial charge is 0.366 e. The number of H-pyrrole nitrogens is 1. The van der Waals surface area contributed by atoms with E-state index in [1.807, 2.05) is 50.2 Å². The molecule has 3 aromatic carbocycles. The molecule has 5 aromatic rings. The monoisotopic (exact) mass is 523 g/mol. The van der Waals surface area contributed by atoms with Gasteiger partial charge in [-0.25, -0.2) is 9.37 Å². The minimum atomic E-state index is -0.434. The molecule has 2 heterocycles. The molecule has 4 N–H and O–H groups in total. The van der Waals surface area contributed by atoms with Crippen molar-refractivity contribution in [2.24, 2.45) is 5.73 Å². The number of imidazole rings is 1. The van der Waals surface area contributed by atoms with Crippen LogP contribution in [0.15, 0.2) is 66.5 Å². The van der Waals surface area contributed by atoms with Gasteiger partial charge < -0.3 is 20.6 Å². The summed E-state index contributed by atoms with van der Waals surface area (Å²) in [5.41, 5.74) is 12.5. The maximum atomic E-state index is 13.8. The molecule has 7 nitrogen and oxygen atoms in total. The fourth-order valence-corrected chi connectivity index (χ4v) is 5.06. The average Bonchev–Trinajstić information content (AvgIpc) is 3.51. The summed E-state index contributed by atoms with van der Waals surface area (Å²) in [6.07, 6.45) is 3.12. The van der Waals surface area contributed by atoms with Crippen molar-refractivity contribution < 1.29 is 14.0 Å². The Balaban J connectivity index is 0.000000465. The molecule has 198 valence electrons. The van der Waals surface area contributed by atoms with E-state index in [2.05, 4.69) is 33.1 Å². The van der Waals surface area contributed by atoms with Crippen LogP contribution in [-0.2, 0) is 11.2 Å². The highest BCUT2D eigenvalue weighted by atomic mass is 19.1. The van der Waals surface area contributed by atoms with Gasteiger partial charge in [0.15, 0.2) is 0 Å². The topological polar surface area (TPSA) is 106 Å². The van der Waals surface area contributed by atoms with Crippen molar-refractivity contribution >= 4 is 39.7 Å². The summed E-state index contributed by atoms with van der Waals surface area (Å²) in [7, 11) is 1.63. The standard InChI is InChI=1S/C27H21FN4O.C4H9NO/c1-15-13-17(10-11-18(15)26(29)33)32-23-7-3-2-5-19(23)25-20(6-4-8-24(25)32)27-30-21-12-9-16(28)14-22(21)31-27;1-3-4(6)5-2/h2-8,10-11,13-14H,9,12H2,1H3,(H2,29,33)(H,30,31);3H2,1-2H3,(H,5,6). The number of rotatable bonds is 4. The van der Waals surface area contributed by atoms with E-state index in [4.69, 9.17) is 10.7 Å². The number of para-hydroxylation sites is 1. The first-order valence-electron chi connectivity index (χ1n) is 12.9. The number of carbonyl (C=O) groups excluding carboxylic acids is 2. The van der Waals surface area contributed by atoms with Gasteiger partial charge in [-0.2, -0.15) is 0 Å². The Bertz CT molecular complexity index is 1760. The van der Waals surface area contributed by atoms with E-state index in [-0.39, 0.29) is 11.7 Å². The lowest BCUT2D eigenvalue weighted by atomic mass is 10.1. The molecule has 1 aliphatic rings. The van der Waals surface area contributed by atoms with Gasteiger partial charge in [0.25, 0.3) is 0 Å². The van der Waals surface area contributed by atoms with Crippen molar-refractivity contribution in [3.63, 3.8) is 0 Å². The number of hydrogen-bond donors (Lipinski definition) is 3. The molecule has 0 aliphatic heterocycles. The summed E-state index contributed by atoms with van der Waals surface area (Å²) in [5, 5.41) is 4.64. The van der Waals surface area contributed by atoms with E-state index in [0.29, 0.717) is 30.5 Å². The van der Waals surface area contributed by atoms with Crippen LogP contribution in [0.1, 0.15) is 47.1 Å². The van der Waals surface area contributed by atoms with Crippen LogP contribution in [-0.4, -0.2) is 33.4 Å². The maximum Gasteiger partial charge on any atom is 0.248 e. The Labute approximate surface area is 225 Å². The molecule has 0 fully saturated rings. The molecule has 2 amide bonds. The fourth-order valence-electron chi connectivity index (χ4n) is 5.06. The summed E-state index contributed by atoms with van der Waals surface area (Å²) >= 11 is 0. The average molecular weight is 524 g/mol. The van der Waals surface area contributed by atoms with Gasteiger partial charge in [-0.1, -0.05) is 37.3 Å². The maximum absolute atomic E-state index is 13.8. The Morgan fingerprint density at radius 2 is 1.85 bits per heavy atom. The number of nitrogens with zero attached hydrogens (tertiary/aromatic N) is 2. The van der Waals surface area contributed by atoms with Gasteiger partial charge in [0, 0.05) is 53.2 Å². The lowest BCUT2D eigenvalue weighted by Gasteiger charge is -2.11. The van der Waals surface area contributed by atoms with Gasteiger partial charge in [0.2, 0.25) is 11.8 Å². The number of hydrogen-bond acceptors (Lipinski definition) is 3. The van der Waals surface area contributed by atoms with Gasteiger partial charge in [-0.3, -0.25) is 9.59 Å². The lowest BCUT2D eigenvalue weighted by molar-refractivity contribution is -0.120. The number of aromatic amines is 1. The number of primary amides is 1. The number of amides is 2. The highest BCUT2D eigenvalue weighted by Crippen LogP contribution is 2.38. The van der Waals surface area contributed by atoms with Gasteiger partial charge in [-0.05, 0) is 55.3 Å². The zero-order chi connectivity index (χ0) is 27.7. The molecule has 6 rings (SSSR count). The van der Waals surface area contributed by atoms with Crippen molar-refractivity contribution in [1.29, 1.82) is 0 Å². The number of allylic oxidation sites excluding steroid dienone is 1. The summed E-state index contributed by atoms with van der Waals surface area (Å²) < 4.78 is 16.0. The first kappa shape index (κ1) is 25.9. The molecule has 0 unspecified atom stereocenters. The Hall–Kier alpha value is -4.72. The van der Waals surface area contributed by atoms with Crippen molar-refractivity contribution in [2.45, 2.75) is 33.1 Å². The summed E-state index contributed by atoms with van der Waals surface area (Å²) in [6, 6.07) is 20.0. The second-order valence-corrected chi connectivity index (χ2v) is 9.48. The third-order valence-corrected chi connectivity index (χ3v) is 7.00. The van der Waals surface area contributed by atoms with Crippen LogP contribution in [0.5, 0.6) is 0 Å². The normalized spacial score (nSPS) is 12.5. The summed E-state index contributed by atoms with van der Waals surface area (Å²) in [5.74, 6) is 0.260. The predicted octanol–water partition coefficient (Wildman–Crippen LogP) is 5.98. The molecule has 1 aliphatic carbocycles. The second kappa shape index (κ2) is 10.6. The molecule has 0 saturated heterocycles. The van der Waals surface area contributed by atoms with Crippen LogP contribution >= 0.6 is 0 Å². The number of halogens is 1. The van der Waals surface area contributed by atoms with Crippen LogP contribution in [0.25, 0.3) is 45.0 Å². The Morgan fingerprint density at radius 3 is 2.54 bits per heavy atom. The molecule has 39 heavy (non-hydrogen) atoms. The predicted molar refractivity (Wildman–Crippen MR) is 153 cm³/mol. The second-order valence-electron chi connectivity index (χ2n) is 9.48. The lowest BCUT2D eigenvalue weighted by Crippen LogP contribution is -2.15. The molecular weight excluding hydrogens is 493 g/mol. The van der Waals surface area contributed by atoms with Crippen LogP contribution in [0.4, 0.5) is 4.39 Å². The highest BCUT2D eigenvalue weighted by molar-refractivity contribution is 6.15. The van der Waals surface area contributed by atoms with Crippen molar-refractivity contribution in [3.05, 3.63) is 89.0 Å². The van der Waals surface area contributed by atoms with E-state index >= 15 is 0 Å².